The lowest BCUT2D eigenvalue weighted by Crippen LogP contribution is -2.35. The predicted octanol–water partition coefficient (Wildman–Crippen LogP) is 6.20. The number of likely N-dealkylation sites (tertiary alicyclic amines) is 1. The van der Waals surface area contributed by atoms with Crippen LogP contribution in [0.2, 0.25) is 0 Å². The van der Waals surface area contributed by atoms with Gasteiger partial charge in [-0.2, -0.15) is 0 Å². The van der Waals surface area contributed by atoms with E-state index in [2.05, 4.69) is 26.1 Å². The summed E-state index contributed by atoms with van der Waals surface area (Å²) in [5.74, 6) is -0.192. The van der Waals surface area contributed by atoms with Gasteiger partial charge < -0.3 is 24.6 Å². The molecule has 222 valence electrons. The van der Waals surface area contributed by atoms with Crippen molar-refractivity contribution in [1.82, 2.24) is 4.90 Å². The normalized spacial score (nSPS) is 19.5. The van der Waals surface area contributed by atoms with E-state index in [-0.39, 0.29) is 25.2 Å². The molecule has 0 radical (unpaired) electrons. The van der Waals surface area contributed by atoms with Gasteiger partial charge in [0.25, 0.3) is 0 Å². The molecule has 5 rings (SSSR count). The Labute approximate surface area is 247 Å². The van der Waals surface area contributed by atoms with Crippen molar-refractivity contribution in [2.24, 2.45) is 5.92 Å². The number of anilines is 1. The number of ether oxygens (including phenoxy) is 3. The van der Waals surface area contributed by atoms with E-state index in [0.29, 0.717) is 24.7 Å². The van der Waals surface area contributed by atoms with Gasteiger partial charge in [-0.25, -0.2) is 0 Å². The fraction of sp³-hybridized carbons (Fsp3) is 0.412. The van der Waals surface area contributed by atoms with Gasteiger partial charge in [-0.1, -0.05) is 63.6 Å². The van der Waals surface area contributed by atoms with Crippen LogP contribution in [0.15, 0.2) is 60.7 Å². The molecule has 2 N–H and O–H groups in total. The van der Waals surface area contributed by atoms with Crippen LogP contribution in [0, 0.1) is 5.92 Å². The summed E-state index contributed by atoms with van der Waals surface area (Å²) in [6, 6.07) is 18.8. The van der Waals surface area contributed by atoms with Gasteiger partial charge in [-0.15, -0.1) is 0 Å². The van der Waals surface area contributed by atoms with Gasteiger partial charge in [0.2, 0.25) is 12.7 Å². The Bertz CT molecular complexity index is 1380. The Hall–Kier alpha value is -4.04. The minimum Gasteiger partial charge on any atom is -0.494 e. The van der Waals surface area contributed by atoms with Gasteiger partial charge in [0.1, 0.15) is 5.75 Å². The van der Waals surface area contributed by atoms with Crippen LogP contribution in [0.1, 0.15) is 67.8 Å². The van der Waals surface area contributed by atoms with Crippen LogP contribution in [0.25, 0.3) is 0 Å². The minimum absolute atomic E-state index is 0.0610. The number of rotatable bonds is 12. The zero-order valence-electron chi connectivity index (χ0n) is 24.6. The Balaban J connectivity index is 1.46. The van der Waals surface area contributed by atoms with Crippen molar-refractivity contribution in [2.75, 3.05) is 31.8 Å². The second kappa shape index (κ2) is 13.3. The molecule has 0 bridgehead atoms. The van der Waals surface area contributed by atoms with Crippen LogP contribution in [0.5, 0.6) is 17.2 Å². The lowest BCUT2D eigenvalue weighted by Gasteiger charge is -2.27. The molecule has 42 heavy (non-hydrogen) atoms. The maximum Gasteiger partial charge on any atom is 0.309 e. The number of benzene rings is 3. The summed E-state index contributed by atoms with van der Waals surface area (Å²) in [6.45, 7) is 7.50. The highest BCUT2D eigenvalue weighted by molar-refractivity contribution is 5.94. The molecule has 0 saturated carbocycles. The first kappa shape index (κ1) is 29.5. The van der Waals surface area contributed by atoms with Gasteiger partial charge in [0, 0.05) is 24.2 Å². The maximum absolute atomic E-state index is 13.6. The van der Waals surface area contributed by atoms with Crippen LogP contribution in [0.3, 0.4) is 0 Å². The largest absolute Gasteiger partial charge is 0.494 e. The fourth-order valence-electron chi connectivity index (χ4n) is 6.13. The van der Waals surface area contributed by atoms with Crippen LogP contribution < -0.4 is 19.5 Å². The van der Waals surface area contributed by atoms with E-state index in [1.54, 1.807) is 0 Å². The minimum atomic E-state index is -0.904. The number of aliphatic carboxylic acids is 1. The van der Waals surface area contributed by atoms with Crippen molar-refractivity contribution in [3.05, 3.63) is 82.9 Å². The number of carboxylic acids is 1. The van der Waals surface area contributed by atoms with Gasteiger partial charge >= 0.3 is 5.97 Å². The lowest BCUT2D eigenvalue weighted by atomic mass is 9.82. The first-order valence-electron chi connectivity index (χ1n) is 14.9. The van der Waals surface area contributed by atoms with Crippen LogP contribution in [-0.4, -0.2) is 48.4 Å². The fourth-order valence-corrected chi connectivity index (χ4v) is 6.13. The summed E-state index contributed by atoms with van der Waals surface area (Å²) >= 11 is 0. The van der Waals surface area contributed by atoms with E-state index in [4.69, 9.17) is 14.2 Å². The molecule has 8 nitrogen and oxygen atoms in total. The van der Waals surface area contributed by atoms with Gasteiger partial charge in [0.05, 0.1) is 19.1 Å². The number of hydrogen-bond acceptors (Lipinski definition) is 6. The monoisotopic (exact) mass is 572 g/mol. The molecule has 2 aliphatic rings. The molecule has 2 heterocycles. The summed E-state index contributed by atoms with van der Waals surface area (Å²) in [5, 5.41) is 13.7. The Morgan fingerprint density at radius 2 is 1.64 bits per heavy atom. The predicted molar refractivity (Wildman–Crippen MR) is 161 cm³/mol. The van der Waals surface area contributed by atoms with Gasteiger partial charge in [-0.05, 0) is 65.8 Å². The van der Waals surface area contributed by atoms with E-state index in [9.17, 15) is 14.7 Å². The van der Waals surface area contributed by atoms with Crippen molar-refractivity contribution in [2.45, 2.75) is 58.4 Å². The zero-order valence-corrected chi connectivity index (χ0v) is 24.6. The van der Waals surface area contributed by atoms with E-state index in [1.165, 1.54) is 0 Å². The molecule has 1 fully saturated rings. The number of carbonyl (C=O) groups is 2. The highest BCUT2D eigenvalue weighted by atomic mass is 16.7. The molecule has 0 aliphatic carbocycles. The highest BCUT2D eigenvalue weighted by Gasteiger charge is 2.48. The third kappa shape index (κ3) is 6.23. The van der Waals surface area contributed by atoms with Gasteiger partial charge in [0.15, 0.2) is 11.5 Å². The Morgan fingerprint density at radius 3 is 2.31 bits per heavy atom. The van der Waals surface area contributed by atoms with Crippen molar-refractivity contribution >= 4 is 17.6 Å². The highest BCUT2D eigenvalue weighted by Crippen LogP contribution is 2.47. The number of nitrogens with one attached hydrogen (secondary N) is 1. The summed E-state index contributed by atoms with van der Waals surface area (Å²) in [4.78, 5) is 28.5. The lowest BCUT2D eigenvalue weighted by molar-refractivity contribution is -0.143. The molecule has 3 aromatic carbocycles. The van der Waals surface area contributed by atoms with Crippen LogP contribution in [-0.2, 0) is 22.4 Å². The first-order chi connectivity index (χ1) is 20.4. The Kier molecular flexibility index (Phi) is 9.32. The SMILES string of the molecule is CCCCOc1ccc([C@H]2C(C(=O)O)[C@@H](c3ccc4c(c3)OCO4)CN2CC(=O)Nc2c(CC)cccc2CC)cc1. The second-order valence-electron chi connectivity index (χ2n) is 10.9. The van der Waals surface area contributed by atoms with Crippen molar-refractivity contribution in [1.29, 1.82) is 0 Å². The number of nitrogens with zero attached hydrogens (tertiary/aromatic N) is 1. The molecule has 3 atom stereocenters. The molecule has 8 heteroatoms. The van der Waals surface area contributed by atoms with Crippen LogP contribution >= 0.6 is 0 Å². The van der Waals surface area contributed by atoms with E-state index in [0.717, 1.165) is 59.4 Å². The molecule has 0 aromatic heterocycles. The molecule has 3 aromatic rings. The number of carbonyl (C=O) groups excluding carboxylic acids is 1. The molecular formula is C34H40N2O6. The summed E-state index contributed by atoms with van der Waals surface area (Å²) in [6.07, 6.45) is 3.61. The topological polar surface area (TPSA) is 97.3 Å². The number of fused-ring (bicyclic) bond motifs is 1. The average molecular weight is 573 g/mol. The van der Waals surface area contributed by atoms with E-state index >= 15 is 0 Å². The number of unbranched alkanes of at least 4 members (excludes halogenated alkanes) is 1. The third-order valence-corrected chi connectivity index (χ3v) is 8.31. The quantitative estimate of drug-likeness (QED) is 0.250. The van der Waals surface area contributed by atoms with Crippen molar-refractivity contribution in [3.8, 4) is 17.2 Å². The van der Waals surface area contributed by atoms with Crippen molar-refractivity contribution < 1.29 is 28.9 Å². The zero-order chi connectivity index (χ0) is 29.6. The smallest absolute Gasteiger partial charge is 0.309 e. The molecule has 0 spiro atoms. The first-order valence-corrected chi connectivity index (χ1v) is 14.9. The second-order valence-corrected chi connectivity index (χ2v) is 10.9. The number of hydrogen-bond donors (Lipinski definition) is 2. The average Bonchev–Trinajstić information content (AvgIpc) is 3.62. The summed E-state index contributed by atoms with van der Waals surface area (Å²) < 4.78 is 16.9. The van der Waals surface area contributed by atoms with Crippen molar-refractivity contribution in [3.63, 3.8) is 0 Å². The van der Waals surface area contributed by atoms with Crippen LogP contribution in [0.4, 0.5) is 5.69 Å². The van der Waals surface area contributed by atoms with E-state index in [1.807, 2.05) is 65.6 Å². The number of carboxylic acid groups (broad SMARTS) is 1. The molecule has 2 aliphatic heterocycles. The summed E-state index contributed by atoms with van der Waals surface area (Å²) in [7, 11) is 0. The molecule has 1 amide bonds. The Morgan fingerprint density at radius 1 is 0.952 bits per heavy atom. The number of amides is 1. The standard InChI is InChI=1S/C34H40N2O6/c1-4-7-17-40-26-14-11-24(12-15-26)33-31(34(38)39)27(25-13-16-28-29(18-25)42-21-41-28)19-36(33)20-30(37)35-32-22(5-2)9-8-10-23(32)6-3/h8-16,18,27,31,33H,4-7,17,19-21H2,1-3H3,(H,35,37)(H,38,39)/t27-,31?,33+/m1/s1. The number of aryl methyl sites for hydroxylation is 2. The van der Waals surface area contributed by atoms with E-state index < -0.39 is 17.9 Å². The number of para-hydroxylation sites is 1. The van der Waals surface area contributed by atoms with Gasteiger partial charge in [-0.3, -0.25) is 14.5 Å². The molecule has 1 saturated heterocycles. The third-order valence-electron chi connectivity index (χ3n) is 8.31. The molecule has 1 unspecified atom stereocenters. The summed E-state index contributed by atoms with van der Waals surface area (Å²) in [5.41, 5.74) is 4.72. The maximum atomic E-state index is 13.6. The molecular weight excluding hydrogens is 532 g/mol.